The Kier molecular flexibility index (Phi) is 6.44. The normalized spacial score (nSPS) is 11.6. The molecule has 0 spiro atoms. The van der Waals surface area contributed by atoms with Crippen molar-refractivity contribution in [3.63, 3.8) is 0 Å². The van der Waals surface area contributed by atoms with Crippen molar-refractivity contribution in [2.24, 2.45) is 0 Å². The van der Waals surface area contributed by atoms with Gasteiger partial charge in [0.2, 0.25) is 5.91 Å². The number of carbonyl (C=O) groups is 2. The highest BCUT2D eigenvalue weighted by Gasteiger charge is 2.20. The zero-order chi connectivity index (χ0) is 19.9. The summed E-state index contributed by atoms with van der Waals surface area (Å²) in [5.41, 5.74) is 0.617. The lowest BCUT2D eigenvalue weighted by Crippen LogP contribution is -2.32. The molecule has 8 heteroatoms. The zero-order valence-electron chi connectivity index (χ0n) is 15.6. The summed E-state index contributed by atoms with van der Waals surface area (Å²) in [7, 11) is 0. The van der Waals surface area contributed by atoms with Gasteiger partial charge in [0.05, 0.1) is 6.54 Å². The summed E-state index contributed by atoms with van der Waals surface area (Å²) in [6.07, 6.45) is -0.0773. The molecule has 0 radical (unpaired) electrons. The standard InChI is InChI=1S/C20H21N3O4S/c1-3-17(26-14-7-5-4-6-8-14)19(25)23-20-22-16(12-28-20)18-10-9-15(27-18)11-21-13(2)24/h4-10,12,17H,3,11H2,1-2H3,(H,21,24)(H,22,23,25). The van der Waals surface area contributed by atoms with E-state index in [1.807, 2.05) is 37.3 Å². The van der Waals surface area contributed by atoms with Crippen molar-refractivity contribution in [3.05, 3.63) is 53.6 Å². The summed E-state index contributed by atoms with van der Waals surface area (Å²) >= 11 is 1.31. The Morgan fingerprint density at radius 1 is 1.21 bits per heavy atom. The Bertz CT molecular complexity index is 936. The molecule has 146 valence electrons. The predicted molar refractivity (Wildman–Crippen MR) is 107 cm³/mol. The molecule has 1 atom stereocenters. The Hall–Kier alpha value is -3.13. The van der Waals surface area contributed by atoms with Gasteiger partial charge in [0.1, 0.15) is 17.2 Å². The van der Waals surface area contributed by atoms with Gasteiger partial charge in [-0.25, -0.2) is 4.98 Å². The van der Waals surface area contributed by atoms with E-state index in [0.717, 1.165) is 0 Å². The van der Waals surface area contributed by atoms with Gasteiger partial charge in [-0.05, 0) is 30.7 Å². The van der Waals surface area contributed by atoms with Crippen LogP contribution in [-0.2, 0) is 16.1 Å². The minimum absolute atomic E-state index is 0.125. The topological polar surface area (TPSA) is 93.5 Å². The molecule has 2 amide bonds. The monoisotopic (exact) mass is 399 g/mol. The lowest BCUT2D eigenvalue weighted by Gasteiger charge is -2.16. The number of nitrogens with one attached hydrogen (secondary N) is 2. The Morgan fingerprint density at radius 3 is 2.71 bits per heavy atom. The molecule has 0 bridgehead atoms. The quantitative estimate of drug-likeness (QED) is 0.600. The van der Waals surface area contributed by atoms with E-state index in [1.165, 1.54) is 18.3 Å². The number of anilines is 1. The zero-order valence-corrected chi connectivity index (χ0v) is 16.4. The molecule has 7 nitrogen and oxygen atoms in total. The number of amides is 2. The van der Waals surface area contributed by atoms with Crippen molar-refractivity contribution in [2.45, 2.75) is 32.9 Å². The van der Waals surface area contributed by atoms with Crippen molar-refractivity contribution in [1.29, 1.82) is 0 Å². The minimum Gasteiger partial charge on any atom is -0.481 e. The molecule has 0 aliphatic heterocycles. The summed E-state index contributed by atoms with van der Waals surface area (Å²) in [6.45, 7) is 3.66. The highest BCUT2D eigenvalue weighted by Crippen LogP contribution is 2.27. The predicted octanol–water partition coefficient (Wildman–Crippen LogP) is 3.84. The summed E-state index contributed by atoms with van der Waals surface area (Å²) in [4.78, 5) is 27.9. The summed E-state index contributed by atoms with van der Waals surface area (Å²) in [5, 5.41) is 7.74. The van der Waals surface area contributed by atoms with Crippen molar-refractivity contribution in [1.82, 2.24) is 10.3 Å². The molecule has 1 aromatic carbocycles. The van der Waals surface area contributed by atoms with Gasteiger partial charge in [0, 0.05) is 12.3 Å². The van der Waals surface area contributed by atoms with Gasteiger partial charge < -0.3 is 14.5 Å². The number of aromatic nitrogens is 1. The number of hydrogen-bond donors (Lipinski definition) is 2. The highest BCUT2D eigenvalue weighted by molar-refractivity contribution is 7.14. The first-order valence-corrected chi connectivity index (χ1v) is 9.74. The lowest BCUT2D eigenvalue weighted by atomic mass is 10.2. The van der Waals surface area contributed by atoms with Crippen LogP contribution in [-0.4, -0.2) is 22.9 Å². The number of carbonyl (C=O) groups excluding carboxylic acids is 2. The molecule has 2 heterocycles. The Labute approximate surface area is 166 Å². The summed E-state index contributed by atoms with van der Waals surface area (Å²) in [6, 6.07) is 12.8. The first-order valence-electron chi connectivity index (χ1n) is 8.86. The maximum Gasteiger partial charge on any atom is 0.267 e. The first-order chi connectivity index (χ1) is 13.5. The average molecular weight is 399 g/mol. The van der Waals surface area contributed by atoms with E-state index in [-0.39, 0.29) is 11.8 Å². The van der Waals surface area contributed by atoms with Crippen LogP contribution in [0.2, 0.25) is 0 Å². The minimum atomic E-state index is -0.609. The number of furan rings is 1. The smallest absolute Gasteiger partial charge is 0.267 e. The second-order valence-corrected chi connectivity index (χ2v) is 6.89. The molecular formula is C20H21N3O4S. The van der Waals surface area contributed by atoms with E-state index in [4.69, 9.17) is 9.15 Å². The molecular weight excluding hydrogens is 378 g/mol. The molecule has 0 aliphatic rings. The third kappa shape index (κ3) is 5.20. The largest absolute Gasteiger partial charge is 0.481 e. The van der Waals surface area contributed by atoms with Crippen LogP contribution in [0.5, 0.6) is 5.75 Å². The van der Waals surface area contributed by atoms with E-state index in [0.29, 0.717) is 41.1 Å². The van der Waals surface area contributed by atoms with Crippen molar-refractivity contribution in [3.8, 4) is 17.2 Å². The molecule has 3 rings (SSSR count). The second-order valence-electron chi connectivity index (χ2n) is 6.03. The average Bonchev–Trinajstić information content (AvgIpc) is 3.34. The van der Waals surface area contributed by atoms with Crippen molar-refractivity contribution < 1.29 is 18.7 Å². The molecule has 0 saturated carbocycles. The molecule has 1 unspecified atom stereocenters. The van der Waals surface area contributed by atoms with Gasteiger partial charge in [0.15, 0.2) is 17.0 Å². The third-order valence-corrected chi connectivity index (χ3v) is 4.60. The fourth-order valence-corrected chi connectivity index (χ4v) is 3.14. The molecule has 2 N–H and O–H groups in total. The molecule has 3 aromatic rings. The molecule has 28 heavy (non-hydrogen) atoms. The van der Waals surface area contributed by atoms with Gasteiger partial charge in [0.25, 0.3) is 5.91 Å². The van der Waals surface area contributed by atoms with Gasteiger partial charge >= 0.3 is 0 Å². The first kappa shape index (κ1) is 19.6. The van der Waals surface area contributed by atoms with E-state index >= 15 is 0 Å². The second kappa shape index (κ2) is 9.18. The number of hydrogen-bond acceptors (Lipinski definition) is 6. The van der Waals surface area contributed by atoms with Crippen LogP contribution in [0.4, 0.5) is 5.13 Å². The van der Waals surface area contributed by atoms with Crippen molar-refractivity contribution in [2.75, 3.05) is 5.32 Å². The number of para-hydroxylation sites is 1. The SMILES string of the molecule is CCC(Oc1ccccc1)C(=O)Nc1nc(-c2ccc(CNC(C)=O)o2)cs1. The Morgan fingerprint density at radius 2 is 2.00 bits per heavy atom. The van der Waals surface area contributed by atoms with Crippen LogP contribution >= 0.6 is 11.3 Å². The van der Waals surface area contributed by atoms with Gasteiger partial charge in [-0.15, -0.1) is 11.3 Å². The van der Waals surface area contributed by atoms with Gasteiger partial charge in [-0.1, -0.05) is 25.1 Å². The van der Waals surface area contributed by atoms with Gasteiger partial charge in [-0.2, -0.15) is 0 Å². The summed E-state index contributed by atoms with van der Waals surface area (Å²) in [5.74, 6) is 1.47. The number of thiazole rings is 1. The maximum atomic E-state index is 12.5. The number of ether oxygens (including phenoxy) is 1. The van der Waals surface area contributed by atoms with Crippen LogP contribution in [0.15, 0.2) is 52.3 Å². The molecule has 0 fully saturated rings. The Balaban J connectivity index is 1.62. The number of nitrogens with zero attached hydrogens (tertiary/aromatic N) is 1. The lowest BCUT2D eigenvalue weighted by molar-refractivity contribution is -0.123. The maximum absolute atomic E-state index is 12.5. The molecule has 0 saturated heterocycles. The van der Waals surface area contributed by atoms with Crippen LogP contribution < -0.4 is 15.4 Å². The number of rotatable bonds is 8. The fraction of sp³-hybridized carbons (Fsp3) is 0.250. The molecule has 0 aliphatic carbocycles. The highest BCUT2D eigenvalue weighted by atomic mass is 32.1. The van der Waals surface area contributed by atoms with Crippen LogP contribution in [0.1, 0.15) is 26.0 Å². The van der Waals surface area contributed by atoms with E-state index in [2.05, 4.69) is 15.6 Å². The van der Waals surface area contributed by atoms with E-state index in [9.17, 15) is 9.59 Å². The summed E-state index contributed by atoms with van der Waals surface area (Å²) < 4.78 is 11.4. The van der Waals surface area contributed by atoms with E-state index < -0.39 is 6.10 Å². The molecule has 2 aromatic heterocycles. The van der Waals surface area contributed by atoms with Gasteiger partial charge in [-0.3, -0.25) is 14.9 Å². The fourth-order valence-electron chi connectivity index (χ4n) is 2.44. The third-order valence-electron chi connectivity index (χ3n) is 3.84. The van der Waals surface area contributed by atoms with Crippen LogP contribution in [0.3, 0.4) is 0 Å². The van der Waals surface area contributed by atoms with Crippen LogP contribution in [0.25, 0.3) is 11.5 Å². The number of benzene rings is 1. The van der Waals surface area contributed by atoms with E-state index in [1.54, 1.807) is 17.5 Å². The van der Waals surface area contributed by atoms with Crippen LogP contribution in [0, 0.1) is 0 Å². The van der Waals surface area contributed by atoms with Crippen molar-refractivity contribution >= 4 is 28.3 Å².